The summed E-state index contributed by atoms with van der Waals surface area (Å²) in [6.45, 7) is 3.37. The predicted octanol–water partition coefficient (Wildman–Crippen LogP) is 0.657. The van der Waals surface area contributed by atoms with E-state index in [-0.39, 0.29) is 18.4 Å². The molecule has 0 spiro atoms. The van der Waals surface area contributed by atoms with Gasteiger partial charge < -0.3 is 15.5 Å². The highest BCUT2D eigenvalue weighted by Gasteiger charge is 2.13. The van der Waals surface area contributed by atoms with Crippen LogP contribution in [0, 0.1) is 0 Å². The zero-order valence-electron chi connectivity index (χ0n) is 12.4. The molecule has 0 heterocycles. The van der Waals surface area contributed by atoms with Gasteiger partial charge in [0, 0.05) is 19.2 Å². The van der Waals surface area contributed by atoms with Crippen molar-refractivity contribution in [2.45, 2.75) is 13.3 Å². The molecule has 0 saturated carbocycles. The molecule has 0 saturated heterocycles. The van der Waals surface area contributed by atoms with Crippen LogP contribution < -0.4 is 10.6 Å². The van der Waals surface area contributed by atoms with Gasteiger partial charge in [-0.2, -0.15) is 0 Å². The van der Waals surface area contributed by atoms with Crippen LogP contribution in [0.1, 0.15) is 22.8 Å². The fourth-order valence-electron chi connectivity index (χ4n) is 1.78. The topological polar surface area (TPSA) is 61.4 Å². The van der Waals surface area contributed by atoms with E-state index in [0.29, 0.717) is 12.1 Å². The van der Waals surface area contributed by atoms with E-state index in [0.717, 1.165) is 18.5 Å². The minimum Gasteiger partial charge on any atom is -0.345 e. The van der Waals surface area contributed by atoms with Gasteiger partial charge >= 0.3 is 0 Å². The third kappa shape index (κ3) is 4.66. The Bertz CT molecular complexity index is 460. The van der Waals surface area contributed by atoms with Crippen molar-refractivity contribution in [3.05, 3.63) is 35.4 Å². The standard InChI is InChI=1S/C15H23N3O2/c1-4-18(3)14(19)11-17-15(20)13-8-6-5-7-12(13)9-10-16-2/h5-8,16H,4,9-11H2,1-3H3,(H,17,20). The van der Waals surface area contributed by atoms with Gasteiger partial charge in [-0.25, -0.2) is 0 Å². The van der Waals surface area contributed by atoms with E-state index >= 15 is 0 Å². The molecular weight excluding hydrogens is 254 g/mol. The van der Waals surface area contributed by atoms with Crippen LogP contribution in [0.4, 0.5) is 0 Å². The van der Waals surface area contributed by atoms with Crippen molar-refractivity contribution in [2.75, 3.05) is 33.7 Å². The molecule has 2 amide bonds. The largest absolute Gasteiger partial charge is 0.345 e. The van der Waals surface area contributed by atoms with E-state index in [1.807, 2.05) is 32.2 Å². The lowest BCUT2D eigenvalue weighted by atomic mass is 10.0. The molecule has 0 bridgehead atoms. The minimum atomic E-state index is -0.199. The van der Waals surface area contributed by atoms with Crippen molar-refractivity contribution in [3.8, 4) is 0 Å². The molecule has 110 valence electrons. The Hall–Kier alpha value is -1.88. The van der Waals surface area contributed by atoms with E-state index in [2.05, 4.69) is 10.6 Å². The van der Waals surface area contributed by atoms with Crippen molar-refractivity contribution in [2.24, 2.45) is 0 Å². The van der Waals surface area contributed by atoms with E-state index in [9.17, 15) is 9.59 Å². The van der Waals surface area contributed by atoms with Gasteiger partial charge in [0.25, 0.3) is 5.91 Å². The molecule has 5 nitrogen and oxygen atoms in total. The highest BCUT2D eigenvalue weighted by molar-refractivity contribution is 5.97. The first-order valence-corrected chi connectivity index (χ1v) is 6.84. The smallest absolute Gasteiger partial charge is 0.251 e. The first kappa shape index (κ1) is 16.2. The average molecular weight is 277 g/mol. The predicted molar refractivity (Wildman–Crippen MR) is 79.7 cm³/mol. The average Bonchev–Trinajstić information content (AvgIpc) is 2.49. The first-order chi connectivity index (χ1) is 9.60. The summed E-state index contributed by atoms with van der Waals surface area (Å²) in [6, 6.07) is 7.47. The molecule has 1 aromatic carbocycles. The summed E-state index contributed by atoms with van der Waals surface area (Å²) in [7, 11) is 3.59. The molecule has 0 aliphatic carbocycles. The van der Waals surface area contributed by atoms with Crippen LogP contribution >= 0.6 is 0 Å². The monoisotopic (exact) mass is 277 g/mol. The molecule has 0 aliphatic heterocycles. The van der Waals surface area contributed by atoms with E-state index in [4.69, 9.17) is 0 Å². The van der Waals surface area contributed by atoms with Crippen LogP contribution in [-0.2, 0) is 11.2 Å². The number of rotatable bonds is 7. The van der Waals surface area contributed by atoms with Crippen molar-refractivity contribution in [1.29, 1.82) is 0 Å². The summed E-state index contributed by atoms with van der Waals surface area (Å²) in [5.41, 5.74) is 1.62. The highest BCUT2D eigenvalue weighted by atomic mass is 16.2. The van der Waals surface area contributed by atoms with Crippen LogP contribution in [0.2, 0.25) is 0 Å². The zero-order valence-corrected chi connectivity index (χ0v) is 12.4. The number of nitrogens with zero attached hydrogens (tertiary/aromatic N) is 1. The molecule has 0 radical (unpaired) electrons. The highest BCUT2D eigenvalue weighted by Crippen LogP contribution is 2.09. The normalized spacial score (nSPS) is 10.2. The van der Waals surface area contributed by atoms with Crippen molar-refractivity contribution in [3.63, 3.8) is 0 Å². The first-order valence-electron chi connectivity index (χ1n) is 6.84. The lowest BCUT2D eigenvalue weighted by Crippen LogP contribution is -2.38. The number of nitrogens with one attached hydrogen (secondary N) is 2. The molecule has 0 aromatic heterocycles. The third-order valence-corrected chi connectivity index (χ3v) is 3.21. The second kappa shape index (κ2) is 8.32. The quantitative estimate of drug-likeness (QED) is 0.769. The fourth-order valence-corrected chi connectivity index (χ4v) is 1.78. The summed E-state index contributed by atoms with van der Waals surface area (Å²) in [5.74, 6) is -0.289. The van der Waals surface area contributed by atoms with Crippen LogP contribution in [0.25, 0.3) is 0 Å². The number of carbonyl (C=O) groups is 2. The molecule has 1 rings (SSSR count). The maximum atomic E-state index is 12.1. The van der Waals surface area contributed by atoms with E-state index in [1.165, 1.54) is 0 Å². The van der Waals surface area contributed by atoms with Crippen molar-refractivity contribution < 1.29 is 9.59 Å². The zero-order chi connectivity index (χ0) is 15.0. The summed E-state index contributed by atoms with van der Waals surface area (Å²) in [5, 5.41) is 5.74. The van der Waals surface area contributed by atoms with Crippen molar-refractivity contribution in [1.82, 2.24) is 15.5 Å². The van der Waals surface area contributed by atoms with Gasteiger partial charge in [-0.3, -0.25) is 9.59 Å². The lowest BCUT2D eigenvalue weighted by Gasteiger charge is -2.15. The van der Waals surface area contributed by atoms with Gasteiger partial charge in [0.15, 0.2) is 0 Å². The SMILES string of the molecule is CCN(C)C(=O)CNC(=O)c1ccccc1CCNC. The second-order valence-corrected chi connectivity index (χ2v) is 4.60. The maximum absolute atomic E-state index is 12.1. The Kier molecular flexibility index (Phi) is 6.73. The van der Waals surface area contributed by atoms with Crippen LogP contribution in [0.3, 0.4) is 0 Å². The number of likely N-dealkylation sites (N-methyl/N-ethyl adjacent to an activating group) is 2. The van der Waals surface area contributed by atoms with E-state index in [1.54, 1.807) is 18.0 Å². The molecule has 5 heteroatoms. The van der Waals surface area contributed by atoms with Crippen molar-refractivity contribution >= 4 is 11.8 Å². The Morgan fingerprint density at radius 1 is 1.25 bits per heavy atom. The van der Waals surface area contributed by atoms with Crippen LogP contribution in [0.5, 0.6) is 0 Å². The number of benzene rings is 1. The fraction of sp³-hybridized carbons (Fsp3) is 0.467. The number of carbonyl (C=O) groups excluding carboxylic acids is 2. The van der Waals surface area contributed by atoms with Crippen LogP contribution in [0.15, 0.2) is 24.3 Å². The molecule has 0 fully saturated rings. The summed E-state index contributed by atoms with van der Waals surface area (Å²) in [6.07, 6.45) is 0.781. The van der Waals surface area contributed by atoms with Gasteiger partial charge in [-0.1, -0.05) is 18.2 Å². The Labute approximate surface area is 120 Å². The summed E-state index contributed by atoms with van der Waals surface area (Å²) < 4.78 is 0. The molecule has 0 aliphatic rings. The number of hydrogen-bond donors (Lipinski definition) is 2. The Morgan fingerprint density at radius 2 is 1.95 bits per heavy atom. The van der Waals surface area contributed by atoms with Gasteiger partial charge in [0.2, 0.25) is 5.91 Å². The van der Waals surface area contributed by atoms with Gasteiger partial charge in [0.05, 0.1) is 6.54 Å². The van der Waals surface area contributed by atoms with E-state index < -0.39 is 0 Å². The molecular formula is C15H23N3O2. The van der Waals surface area contributed by atoms with Gasteiger partial charge in [-0.05, 0) is 38.6 Å². The number of hydrogen-bond acceptors (Lipinski definition) is 3. The molecule has 0 atom stereocenters. The van der Waals surface area contributed by atoms with Gasteiger partial charge in [-0.15, -0.1) is 0 Å². The van der Waals surface area contributed by atoms with Crippen LogP contribution in [-0.4, -0.2) is 50.4 Å². The molecule has 0 unspecified atom stereocenters. The summed E-state index contributed by atoms with van der Waals surface area (Å²) in [4.78, 5) is 25.4. The minimum absolute atomic E-state index is 0.0313. The van der Waals surface area contributed by atoms with Gasteiger partial charge in [0.1, 0.15) is 0 Å². The lowest BCUT2D eigenvalue weighted by molar-refractivity contribution is -0.128. The molecule has 1 aromatic rings. The third-order valence-electron chi connectivity index (χ3n) is 3.21. The Morgan fingerprint density at radius 3 is 2.60 bits per heavy atom. The second-order valence-electron chi connectivity index (χ2n) is 4.60. The number of amides is 2. The maximum Gasteiger partial charge on any atom is 0.251 e. The molecule has 2 N–H and O–H groups in total. The molecule has 20 heavy (non-hydrogen) atoms. The Balaban J connectivity index is 2.65. The summed E-state index contributed by atoms with van der Waals surface area (Å²) >= 11 is 0.